The number of hydrogen-bond acceptors (Lipinski definition) is 5. The fourth-order valence-corrected chi connectivity index (χ4v) is 5.82. The molecule has 1 saturated heterocycles. The van der Waals surface area contributed by atoms with Crippen LogP contribution in [-0.4, -0.2) is 49.8 Å². The highest BCUT2D eigenvalue weighted by molar-refractivity contribution is 8.00. The highest BCUT2D eigenvalue weighted by atomic mass is 32.2. The van der Waals surface area contributed by atoms with Crippen molar-refractivity contribution in [2.75, 3.05) is 38.4 Å². The van der Waals surface area contributed by atoms with Crippen LogP contribution in [0.4, 0.5) is 5.69 Å². The lowest BCUT2D eigenvalue weighted by Gasteiger charge is -2.41. The smallest absolute Gasteiger partial charge is 0.254 e. The lowest BCUT2D eigenvalue weighted by Crippen LogP contribution is -2.44. The van der Waals surface area contributed by atoms with Crippen LogP contribution in [-0.2, 0) is 4.79 Å². The van der Waals surface area contributed by atoms with Crippen LogP contribution in [0, 0.1) is 11.8 Å². The van der Waals surface area contributed by atoms with Gasteiger partial charge in [0.2, 0.25) is 5.91 Å². The monoisotopic (exact) mass is 468 g/mol. The molecule has 0 bridgehead atoms. The molecule has 0 unspecified atom stereocenters. The van der Waals surface area contributed by atoms with Crippen molar-refractivity contribution in [3.63, 3.8) is 0 Å². The Labute approximate surface area is 200 Å². The third-order valence-corrected chi connectivity index (χ3v) is 7.80. The first kappa shape index (κ1) is 23.5. The first-order valence-corrected chi connectivity index (χ1v) is 12.6. The topological polar surface area (TPSA) is 67.9 Å². The molecular formula is C26H32N2O4S. The largest absolute Gasteiger partial charge is 0.493 e. The number of piperidine rings is 1. The van der Waals surface area contributed by atoms with Crippen molar-refractivity contribution in [1.29, 1.82) is 0 Å². The first-order chi connectivity index (χ1) is 16.1. The van der Waals surface area contributed by atoms with Gasteiger partial charge in [0.05, 0.1) is 25.5 Å². The number of thioether (sulfide) groups is 1. The van der Waals surface area contributed by atoms with Crippen molar-refractivity contribution in [3.05, 3.63) is 48.0 Å². The van der Waals surface area contributed by atoms with Crippen LogP contribution >= 0.6 is 11.8 Å². The molecule has 2 aromatic rings. The summed E-state index contributed by atoms with van der Waals surface area (Å²) in [6, 6.07) is 12.9. The van der Waals surface area contributed by atoms with E-state index in [1.165, 1.54) is 37.4 Å². The predicted octanol–water partition coefficient (Wildman–Crippen LogP) is 5.09. The van der Waals surface area contributed by atoms with E-state index in [0.29, 0.717) is 28.7 Å². The van der Waals surface area contributed by atoms with Gasteiger partial charge in [-0.05, 0) is 48.9 Å². The van der Waals surface area contributed by atoms with E-state index in [2.05, 4.69) is 5.32 Å². The number of carbonyl (C=O) groups excluding carboxylic acids is 2. The molecule has 1 N–H and O–H groups in total. The summed E-state index contributed by atoms with van der Waals surface area (Å²) in [5.41, 5.74) is 1.33. The zero-order valence-corrected chi connectivity index (χ0v) is 20.2. The van der Waals surface area contributed by atoms with Gasteiger partial charge in [0, 0.05) is 29.7 Å². The number of amides is 2. The molecular weight excluding hydrogens is 436 g/mol. The molecule has 0 aromatic heterocycles. The van der Waals surface area contributed by atoms with Crippen molar-refractivity contribution in [2.45, 2.75) is 37.0 Å². The molecule has 2 amide bonds. The Balaban J connectivity index is 1.37. The third-order valence-electron chi connectivity index (χ3n) is 6.72. The first-order valence-electron chi connectivity index (χ1n) is 11.6. The van der Waals surface area contributed by atoms with Gasteiger partial charge in [-0.3, -0.25) is 9.59 Å². The quantitative estimate of drug-likeness (QED) is 0.574. The number of likely N-dealkylation sites (tertiary alicyclic amines) is 1. The number of anilines is 1. The van der Waals surface area contributed by atoms with Gasteiger partial charge in [0.15, 0.2) is 11.5 Å². The van der Waals surface area contributed by atoms with Crippen molar-refractivity contribution in [2.24, 2.45) is 11.8 Å². The molecule has 0 radical (unpaired) electrons. The van der Waals surface area contributed by atoms with E-state index in [-0.39, 0.29) is 17.6 Å². The van der Waals surface area contributed by atoms with Crippen molar-refractivity contribution in [1.82, 2.24) is 4.90 Å². The molecule has 1 saturated carbocycles. The number of nitrogens with zero attached hydrogens (tertiary/aromatic N) is 1. The average molecular weight is 469 g/mol. The van der Waals surface area contributed by atoms with Gasteiger partial charge in [-0.2, -0.15) is 0 Å². The Bertz CT molecular complexity index is 996. The minimum atomic E-state index is -0.141. The maximum atomic E-state index is 13.3. The fourth-order valence-electron chi connectivity index (χ4n) is 4.98. The normalized spacial score (nSPS) is 20.0. The maximum Gasteiger partial charge on any atom is 0.254 e. The van der Waals surface area contributed by atoms with E-state index in [9.17, 15) is 9.59 Å². The van der Waals surface area contributed by atoms with E-state index < -0.39 is 0 Å². The molecule has 7 heteroatoms. The van der Waals surface area contributed by atoms with Gasteiger partial charge in [-0.15, -0.1) is 11.8 Å². The molecule has 2 atom stereocenters. The summed E-state index contributed by atoms with van der Waals surface area (Å²) in [6.45, 7) is 1.70. The summed E-state index contributed by atoms with van der Waals surface area (Å²) in [5.74, 6) is 2.75. The Hall–Kier alpha value is -2.67. The zero-order chi connectivity index (χ0) is 23.2. The summed E-state index contributed by atoms with van der Waals surface area (Å²) < 4.78 is 10.5. The molecule has 1 aliphatic carbocycles. The van der Waals surface area contributed by atoms with E-state index in [4.69, 9.17) is 9.47 Å². The molecule has 1 aliphatic heterocycles. The van der Waals surface area contributed by atoms with Crippen LogP contribution in [0.15, 0.2) is 47.4 Å². The van der Waals surface area contributed by atoms with Crippen LogP contribution < -0.4 is 14.8 Å². The predicted molar refractivity (Wildman–Crippen MR) is 131 cm³/mol. The number of fused-ring (bicyclic) bond motifs is 1. The minimum absolute atomic E-state index is 0.0856. The number of benzene rings is 2. The lowest BCUT2D eigenvalue weighted by atomic mass is 9.75. The summed E-state index contributed by atoms with van der Waals surface area (Å²) in [4.78, 5) is 28.8. The van der Waals surface area contributed by atoms with Crippen LogP contribution in [0.25, 0.3) is 0 Å². The molecule has 6 nitrogen and oxygen atoms in total. The van der Waals surface area contributed by atoms with Gasteiger partial charge >= 0.3 is 0 Å². The standard InChI is InChI=1S/C26H32N2O4S/c1-31-22-12-11-20(15-23(22)32-2)27-25(29)17-33-24-10-6-5-9-21(24)26(30)28-14-13-18-7-3-4-8-19(18)16-28/h5-6,9-12,15,18-19H,3-4,7-8,13-14,16-17H2,1-2H3,(H,27,29)/t18-,19+/m1/s1. The lowest BCUT2D eigenvalue weighted by molar-refractivity contribution is -0.113. The SMILES string of the molecule is COc1ccc(NC(=O)CSc2ccccc2C(=O)N2CC[C@H]3CCCC[C@H]3C2)cc1OC. The number of methoxy groups -OCH3 is 2. The van der Waals surface area contributed by atoms with Gasteiger partial charge in [0.25, 0.3) is 5.91 Å². The third kappa shape index (κ3) is 5.64. The zero-order valence-electron chi connectivity index (χ0n) is 19.3. The van der Waals surface area contributed by atoms with Gasteiger partial charge in [0.1, 0.15) is 0 Å². The summed E-state index contributed by atoms with van der Waals surface area (Å²) in [7, 11) is 3.13. The Morgan fingerprint density at radius 2 is 1.76 bits per heavy atom. The molecule has 2 aromatic carbocycles. The van der Waals surface area contributed by atoms with Crippen molar-refractivity contribution < 1.29 is 19.1 Å². The Morgan fingerprint density at radius 1 is 1.00 bits per heavy atom. The Kier molecular flexibility index (Phi) is 7.81. The average Bonchev–Trinajstić information content (AvgIpc) is 2.86. The number of carbonyl (C=O) groups is 2. The van der Waals surface area contributed by atoms with Crippen LogP contribution in [0.2, 0.25) is 0 Å². The van der Waals surface area contributed by atoms with E-state index in [1.807, 2.05) is 29.2 Å². The second kappa shape index (κ2) is 11.0. The number of nitrogens with one attached hydrogen (secondary N) is 1. The molecule has 0 spiro atoms. The van der Waals surface area contributed by atoms with Crippen molar-refractivity contribution >= 4 is 29.3 Å². The van der Waals surface area contributed by atoms with Gasteiger partial charge in [-0.25, -0.2) is 0 Å². The van der Waals surface area contributed by atoms with Crippen LogP contribution in [0.3, 0.4) is 0 Å². The highest BCUT2D eigenvalue weighted by Crippen LogP contribution is 2.37. The second-order valence-corrected chi connectivity index (χ2v) is 9.76. The maximum absolute atomic E-state index is 13.3. The summed E-state index contributed by atoms with van der Waals surface area (Å²) in [6.07, 6.45) is 6.28. The molecule has 2 aliphatic rings. The molecule has 33 heavy (non-hydrogen) atoms. The van der Waals surface area contributed by atoms with Gasteiger partial charge in [-0.1, -0.05) is 31.4 Å². The van der Waals surface area contributed by atoms with Crippen LogP contribution in [0.1, 0.15) is 42.5 Å². The summed E-state index contributed by atoms with van der Waals surface area (Å²) in [5, 5.41) is 2.89. The van der Waals surface area contributed by atoms with Crippen molar-refractivity contribution in [3.8, 4) is 11.5 Å². The Morgan fingerprint density at radius 3 is 2.55 bits per heavy atom. The van der Waals surface area contributed by atoms with E-state index in [0.717, 1.165) is 30.3 Å². The number of rotatable bonds is 7. The van der Waals surface area contributed by atoms with Crippen LogP contribution in [0.5, 0.6) is 11.5 Å². The number of ether oxygens (including phenoxy) is 2. The van der Waals surface area contributed by atoms with E-state index >= 15 is 0 Å². The molecule has 2 fully saturated rings. The number of hydrogen-bond donors (Lipinski definition) is 1. The molecule has 4 rings (SSSR count). The fraction of sp³-hybridized carbons (Fsp3) is 0.462. The minimum Gasteiger partial charge on any atom is -0.493 e. The molecule has 1 heterocycles. The summed E-state index contributed by atoms with van der Waals surface area (Å²) >= 11 is 1.39. The highest BCUT2D eigenvalue weighted by Gasteiger charge is 2.33. The molecule has 176 valence electrons. The second-order valence-electron chi connectivity index (χ2n) is 8.75. The van der Waals surface area contributed by atoms with E-state index in [1.54, 1.807) is 32.4 Å². The van der Waals surface area contributed by atoms with Gasteiger partial charge < -0.3 is 19.7 Å².